The summed E-state index contributed by atoms with van der Waals surface area (Å²) in [5.74, 6) is -0.877. The number of hydrogen-bond donors (Lipinski definition) is 1. The summed E-state index contributed by atoms with van der Waals surface area (Å²) >= 11 is 6.49. The van der Waals surface area contributed by atoms with Gasteiger partial charge >= 0.3 is 12.1 Å². The number of rotatable bonds is 8. The SMILES string of the molecule is O=C(O)c1cnn(-c2cccc(-c3cccc(Cl)c3OCc3ccc([C@H]4CCN(C(=O)C5CC5)C4)cc3)n2)c1C(F)(F)F. The number of likely N-dealkylation sites (tertiary alicyclic amines) is 1. The minimum atomic E-state index is -4.98. The van der Waals surface area contributed by atoms with Gasteiger partial charge in [0, 0.05) is 30.5 Å². The average molecular weight is 611 g/mol. The molecular formula is C31H26ClF3N4O4. The Kier molecular flexibility index (Phi) is 7.59. The third kappa shape index (κ3) is 5.94. The molecule has 6 rings (SSSR count). The number of aromatic carboxylic acids is 1. The Morgan fingerprint density at radius 2 is 1.77 bits per heavy atom. The number of benzene rings is 2. The molecule has 43 heavy (non-hydrogen) atoms. The number of ether oxygens (including phenoxy) is 1. The summed E-state index contributed by atoms with van der Waals surface area (Å²) < 4.78 is 47.9. The number of carbonyl (C=O) groups excluding carboxylic acids is 1. The zero-order chi connectivity index (χ0) is 30.3. The van der Waals surface area contributed by atoms with Crippen molar-refractivity contribution in [2.75, 3.05) is 13.1 Å². The van der Waals surface area contributed by atoms with Crippen LogP contribution in [0.15, 0.2) is 66.9 Å². The summed E-state index contributed by atoms with van der Waals surface area (Å²) in [5.41, 5.74) is 0.337. The fourth-order valence-corrected chi connectivity index (χ4v) is 5.59. The topological polar surface area (TPSA) is 97.5 Å². The van der Waals surface area contributed by atoms with E-state index in [9.17, 15) is 27.9 Å². The van der Waals surface area contributed by atoms with Crippen LogP contribution in [0, 0.1) is 5.92 Å². The van der Waals surface area contributed by atoms with Crippen LogP contribution in [0.1, 0.15) is 52.4 Å². The van der Waals surface area contributed by atoms with Crippen LogP contribution in [0.2, 0.25) is 5.02 Å². The zero-order valence-corrected chi connectivity index (χ0v) is 23.5. The van der Waals surface area contributed by atoms with Crippen LogP contribution in [0.4, 0.5) is 13.2 Å². The van der Waals surface area contributed by atoms with Gasteiger partial charge in [-0.3, -0.25) is 4.79 Å². The lowest BCUT2D eigenvalue weighted by molar-refractivity contribution is -0.143. The largest absolute Gasteiger partial charge is 0.487 e. The van der Waals surface area contributed by atoms with E-state index in [0.717, 1.165) is 43.5 Å². The first-order valence-corrected chi connectivity index (χ1v) is 14.1. The van der Waals surface area contributed by atoms with Gasteiger partial charge in [-0.2, -0.15) is 18.3 Å². The Morgan fingerprint density at radius 1 is 1.02 bits per heavy atom. The maximum Gasteiger partial charge on any atom is 0.434 e. The number of carboxylic acids is 1. The van der Waals surface area contributed by atoms with Crippen molar-refractivity contribution in [1.29, 1.82) is 0 Å². The van der Waals surface area contributed by atoms with E-state index >= 15 is 0 Å². The molecule has 1 amide bonds. The van der Waals surface area contributed by atoms with Gasteiger partial charge < -0.3 is 14.7 Å². The first kappa shape index (κ1) is 28.7. The number of hydrogen-bond acceptors (Lipinski definition) is 5. The molecule has 1 atom stereocenters. The van der Waals surface area contributed by atoms with Crippen molar-refractivity contribution < 1.29 is 32.6 Å². The molecule has 3 heterocycles. The molecule has 0 unspecified atom stereocenters. The number of aromatic nitrogens is 3. The lowest BCUT2D eigenvalue weighted by Gasteiger charge is -2.17. The molecule has 4 aromatic rings. The van der Waals surface area contributed by atoms with Crippen molar-refractivity contribution in [1.82, 2.24) is 19.7 Å². The fraction of sp³-hybridized carbons (Fsp3) is 0.290. The van der Waals surface area contributed by atoms with Crippen molar-refractivity contribution in [3.8, 4) is 22.8 Å². The zero-order valence-electron chi connectivity index (χ0n) is 22.7. The van der Waals surface area contributed by atoms with Crippen molar-refractivity contribution in [2.24, 2.45) is 5.92 Å². The molecular weight excluding hydrogens is 585 g/mol. The monoisotopic (exact) mass is 610 g/mol. The molecule has 2 aromatic heterocycles. The van der Waals surface area contributed by atoms with Crippen LogP contribution in [0.25, 0.3) is 17.1 Å². The Bertz CT molecular complexity index is 1690. The molecule has 0 spiro atoms. The van der Waals surface area contributed by atoms with Crippen molar-refractivity contribution in [2.45, 2.75) is 38.0 Å². The first-order chi connectivity index (χ1) is 20.6. The molecule has 0 radical (unpaired) electrons. The average Bonchev–Trinajstić information content (AvgIpc) is 3.52. The lowest BCUT2D eigenvalue weighted by Crippen LogP contribution is -2.29. The summed E-state index contributed by atoms with van der Waals surface area (Å²) in [6, 6.07) is 17.4. The lowest BCUT2D eigenvalue weighted by atomic mass is 9.97. The molecule has 1 aliphatic carbocycles. The van der Waals surface area contributed by atoms with Gasteiger partial charge in [0.25, 0.3) is 0 Å². The summed E-state index contributed by atoms with van der Waals surface area (Å²) in [4.78, 5) is 30.1. The minimum Gasteiger partial charge on any atom is -0.487 e. The van der Waals surface area contributed by atoms with E-state index in [1.54, 1.807) is 24.3 Å². The van der Waals surface area contributed by atoms with Gasteiger partial charge in [-0.1, -0.05) is 48.0 Å². The second kappa shape index (κ2) is 11.4. The number of para-hydroxylation sites is 1. The number of carbonyl (C=O) groups is 2. The van der Waals surface area contributed by atoms with E-state index in [1.807, 2.05) is 29.2 Å². The molecule has 0 bridgehead atoms. The molecule has 1 saturated carbocycles. The van der Waals surface area contributed by atoms with E-state index in [1.165, 1.54) is 12.1 Å². The number of alkyl halides is 3. The molecule has 8 nitrogen and oxygen atoms in total. The highest BCUT2D eigenvalue weighted by atomic mass is 35.5. The molecule has 2 aliphatic rings. The van der Waals surface area contributed by atoms with Gasteiger partial charge in [0.1, 0.15) is 17.9 Å². The number of nitrogens with zero attached hydrogens (tertiary/aromatic N) is 4. The van der Waals surface area contributed by atoms with Gasteiger partial charge in [0.15, 0.2) is 11.5 Å². The van der Waals surface area contributed by atoms with Crippen LogP contribution < -0.4 is 4.74 Å². The van der Waals surface area contributed by atoms with Gasteiger partial charge in [-0.15, -0.1) is 0 Å². The number of carboxylic acid groups (broad SMARTS) is 1. The Hall–Kier alpha value is -4.38. The van der Waals surface area contributed by atoms with E-state index in [-0.39, 0.29) is 35.0 Å². The minimum absolute atomic E-state index is 0.174. The second-order valence-electron chi connectivity index (χ2n) is 10.7. The molecule has 2 aromatic carbocycles. The number of pyridine rings is 1. The highest BCUT2D eigenvalue weighted by molar-refractivity contribution is 6.32. The van der Waals surface area contributed by atoms with Gasteiger partial charge in [0.05, 0.1) is 16.9 Å². The Morgan fingerprint density at radius 3 is 2.47 bits per heavy atom. The highest BCUT2D eigenvalue weighted by Gasteiger charge is 2.41. The molecule has 2 fully saturated rings. The predicted molar refractivity (Wildman–Crippen MR) is 151 cm³/mol. The van der Waals surface area contributed by atoms with E-state index in [0.29, 0.717) is 28.1 Å². The van der Waals surface area contributed by atoms with Crippen LogP contribution >= 0.6 is 11.6 Å². The highest BCUT2D eigenvalue weighted by Crippen LogP contribution is 2.38. The molecule has 1 saturated heterocycles. The molecule has 222 valence electrons. The maximum atomic E-state index is 13.8. The first-order valence-electron chi connectivity index (χ1n) is 13.8. The third-order valence-corrected chi connectivity index (χ3v) is 8.02. The van der Waals surface area contributed by atoms with Gasteiger partial charge in [0.2, 0.25) is 5.91 Å². The Balaban J connectivity index is 1.20. The molecule has 12 heteroatoms. The second-order valence-corrected chi connectivity index (χ2v) is 11.1. The normalized spacial score (nSPS) is 16.8. The summed E-state index contributed by atoms with van der Waals surface area (Å²) in [7, 11) is 0. The molecule has 1 aliphatic heterocycles. The molecule has 1 N–H and O–H groups in total. The van der Waals surface area contributed by atoms with Gasteiger partial charge in [-0.25, -0.2) is 14.5 Å². The fourth-order valence-electron chi connectivity index (χ4n) is 5.36. The maximum absolute atomic E-state index is 13.8. The quantitative estimate of drug-likeness (QED) is 0.241. The van der Waals surface area contributed by atoms with Crippen molar-refractivity contribution >= 4 is 23.5 Å². The van der Waals surface area contributed by atoms with E-state index in [2.05, 4.69) is 10.1 Å². The van der Waals surface area contributed by atoms with Crippen molar-refractivity contribution in [3.63, 3.8) is 0 Å². The number of amides is 1. The van der Waals surface area contributed by atoms with Crippen LogP contribution in [-0.2, 0) is 17.6 Å². The van der Waals surface area contributed by atoms with E-state index in [4.69, 9.17) is 16.3 Å². The number of halogens is 4. The predicted octanol–water partition coefficient (Wildman–Crippen LogP) is 6.61. The standard InChI is InChI=1S/C31H26ClF3N4O4/c32-24-4-1-3-22(25-5-2-6-26(37-25)39-28(31(33,34)35)23(15-36-39)30(41)42)27(24)43-17-18-7-9-19(10-8-18)21-13-14-38(16-21)29(40)20-11-12-20/h1-10,15,20-21H,11-14,16-17H2,(H,41,42)/t21-/m0/s1. The third-order valence-electron chi connectivity index (χ3n) is 7.72. The summed E-state index contributed by atoms with van der Waals surface area (Å²) in [6.45, 7) is 1.70. The van der Waals surface area contributed by atoms with Crippen molar-refractivity contribution in [3.05, 3.63) is 94.3 Å². The summed E-state index contributed by atoms with van der Waals surface area (Å²) in [6.07, 6.45) is -1.40. The Labute approximate surface area is 249 Å². The smallest absolute Gasteiger partial charge is 0.434 e. The van der Waals surface area contributed by atoms with Gasteiger partial charge in [-0.05, 0) is 54.7 Å². The van der Waals surface area contributed by atoms with Crippen LogP contribution in [-0.4, -0.2) is 49.7 Å². The van der Waals surface area contributed by atoms with Crippen LogP contribution in [0.3, 0.4) is 0 Å². The summed E-state index contributed by atoms with van der Waals surface area (Å²) in [5, 5.41) is 13.2. The van der Waals surface area contributed by atoms with E-state index < -0.39 is 23.4 Å². The van der Waals surface area contributed by atoms with Crippen LogP contribution in [0.5, 0.6) is 5.75 Å².